The monoisotopic (exact) mass is 230 g/mol. The molecule has 1 aromatic carbocycles. The van der Waals surface area contributed by atoms with Gasteiger partial charge in [0.25, 0.3) is 0 Å². The van der Waals surface area contributed by atoms with Crippen LogP contribution in [0, 0.1) is 0 Å². The number of hydrazone groups is 1. The van der Waals surface area contributed by atoms with Crippen LogP contribution in [0.5, 0.6) is 0 Å². The van der Waals surface area contributed by atoms with Gasteiger partial charge in [0.05, 0.1) is 6.21 Å². The summed E-state index contributed by atoms with van der Waals surface area (Å²) in [7, 11) is 0. The normalized spacial score (nSPS) is 12.0. The van der Waals surface area contributed by atoms with Crippen LogP contribution in [-0.4, -0.2) is 12.2 Å². The fourth-order valence-electron chi connectivity index (χ4n) is 0.767. The van der Waals surface area contributed by atoms with Gasteiger partial charge >= 0.3 is 0 Å². The van der Waals surface area contributed by atoms with Gasteiger partial charge in [-0.15, -0.1) is 4.51 Å². The molecule has 0 amide bonds. The third kappa shape index (κ3) is 3.24. The highest BCUT2D eigenvalue weighted by Crippen LogP contribution is 2.11. The first-order valence-electron chi connectivity index (χ1n) is 3.72. The average molecular weight is 231 g/mol. The molecule has 6 heteroatoms. The number of halogens is 2. The van der Waals surface area contributed by atoms with Crippen LogP contribution in [0.25, 0.3) is 0 Å². The lowest BCUT2D eigenvalue weighted by atomic mass is 10.2. The smallest absolute Gasteiger partial charge is 0.226 e. The van der Waals surface area contributed by atoms with Gasteiger partial charge in [0.1, 0.15) is 0 Å². The predicted octanol–water partition coefficient (Wildman–Crippen LogP) is 1.73. The molecule has 0 radical (unpaired) electrons. The molecule has 1 rings (SSSR count). The number of benzene rings is 1. The minimum Gasteiger partial charge on any atom is -0.367 e. The van der Waals surface area contributed by atoms with E-state index in [2.05, 4.69) is 15.0 Å². The Bertz CT molecular complexity index is 362. The van der Waals surface area contributed by atoms with E-state index in [-0.39, 0.29) is 5.96 Å². The van der Waals surface area contributed by atoms with Crippen molar-refractivity contribution in [1.82, 2.24) is 5.43 Å². The van der Waals surface area contributed by atoms with Crippen molar-refractivity contribution >= 4 is 35.6 Å². The van der Waals surface area contributed by atoms with E-state index in [1.54, 1.807) is 6.07 Å². The molecule has 0 saturated carbocycles. The predicted molar refractivity (Wildman–Crippen MR) is 59.7 cm³/mol. The quantitative estimate of drug-likeness (QED) is 0.462. The van der Waals surface area contributed by atoms with Crippen molar-refractivity contribution in [2.24, 2.45) is 15.3 Å². The van der Waals surface area contributed by atoms with E-state index in [9.17, 15) is 0 Å². The van der Waals surface area contributed by atoms with Crippen molar-refractivity contribution in [3.8, 4) is 0 Å². The summed E-state index contributed by atoms with van der Waals surface area (Å²) >= 11 is 10.9. The minimum atomic E-state index is 0.0231. The van der Waals surface area contributed by atoms with E-state index in [0.29, 0.717) is 5.02 Å². The Balaban J connectivity index is 2.65. The SMILES string of the molecule is NC(=NCl)NN=Cc1ccccc1Cl. The van der Waals surface area contributed by atoms with Gasteiger partial charge in [-0.05, 0) is 6.07 Å². The molecule has 0 atom stereocenters. The lowest BCUT2D eigenvalue weighted by Gasteiger charge is -1.97. The topological polar surface area (TPSA) is 62.8 Å². The first-order chi connectivity index (χ1) is 6.74. The van der Waals surface area contributed by atoms with Crippen LogP contribution in [0.3, 0.4) is 0 Å². The fraction of sp³-hybridized carbons (Fsp3) is 0. The van der Waals surface area contributed by atoms with Crippen LogP contribution in [-0.2, 0) is 0 Å². The lowest BCUT2D eigenvalue weighted by Crippen LogP contribution is -2.26. The molecular formula is C8H8Cl2N4. The lowest BCUT2D eigenvalue weighted by molar-refractivity contribution is 1.02. The standard InChI is InChI=1S/C8H8Cl2N4/c9-7-4-2-1-3-6(7)5-12-14-8(11)13-10/h1-5H,(H3,11,13,14). The van der Waals surface area contributed by atoms with E-state index in [1.807, 2.05) is 18.2 Å². The number of nitrogens with one attached hydrogen (secondary N) is 1. The molecule has 0 aromatic heterocycles. The Labute approximate surface area is 91.5 Å². The number of rotatable bonds is 2. The van der Waals surface area contributed by atoms with Crippen molar-refractivity contribution in [1.29, 1.82) is 0 Å². The first-order valence-corrected chi connectivity index (χ1v) is 4.43. The number of nitrogens with two attached hydrogens (primary N) is 1. The van der Waals surface area contributed by atoms with E-state index < -0.39 is 0 Å². The minimum absolute atomic E-state index is 0.0231. The molecule has 0 unspecified atom stereocenters. The second kappa shape index (κ2) is 5.47. The Morgan fingerprint density at radius 3 is 2.79 bits per heavy atom. The Kier molecular flexibility index (Phi) is 4.22. The molecule has 14 heavy (non-hydrogen) atoms. The van der Waals surface area contributed by atoms with Gasteiger partial charge in [-0.25, -0.2) is 5.43 Å². The van der Waals surface area contributed by atoms with Crippen LogP contribution >= 0.6 is 23.4 Å². The van der Waals surface area contributed by atoms with Gasteiger partial charge in [0, 0.05) is 22.4 Å². The van der Waals surface area contributed by atoms with Crippen LogP contribution in [0.4, 0.5) is 0 Å². The maximum absolute atomic E-state index is 5.87. The van der Waals surface area contributed by atoms with Crippen LogP contribution < -0.4 is 11.2 Å². The summed E-state index contributed by atoms with van der Waals surface area (Å²) in [4.78, 5) is 0. The summed E-state index contributed by atoms with van der Waals surface area (Å²) in [6.45, 7) is 0. The molecule has 0 heterocycles. The summed E-state index contributed by atoms with van der Waals surface area (Å²) in [5.41, 5.74) is 8.43. The summed E-state index contributed by atoms with van der Waals surface area (Å²) in [6.07, 6.45) is 1.53. The number of guanidine groups is 1. The zero-order chi connectivity index (χ0) is 10.4. The Morgan fingerprint density at radius 2 is 2.14 bits per heavy atom. The van der Waals surface area contributed by atoms with Crippen LogP contribution in [0.2, 0.25) is 5.02 Å². The Hall–Kier alpha value is -1.26. The summed E-state index contributed by atoms with van der Waals surface area (Å²) < 4.78 is 3.15. The highest BCUT2D eigenvalue weighted by atomic mass is 35.5. The molecule has 4 nitrogen and oxygen atoms in total. The molecule has 0 fully saturated rings. The van der Waals surface area contributed by atoms with Gasteiger partial charge < -0.3 is 5.73 Å². The zero-order valence-electron chi connectivity index (χ0n) is 7.11. The van der Waals surface area contributed by atoms with Crippen molar-refractivity contribution in [2.45, 2.75) is 0 Å². The van der Waals surface area contributed by atoms with Gasteiger partial charge in [0.15, 0.2) is 0 Å². The van der Waals surface area contributed by atoms with E-state index in [1.165, 1.54) is 6.21 Å². The van der Waals surface area contributed by atoms with Gasteiger partial charge in [-0.1, -0.05) is 29.8 Å². The molecular weight excluding hydrogens is 223 g/mol. The third-order valence-electron chi connectivity index (χ3n) is 1.38. The van der Waals surface area contributed by atoms with E-state index in [4.69, 9.17) is 29.1 Å². The summed E-state index contributed by atoms with van der Waals surface area (Å²) in [6, 6.07) is 7.28. The first kappa shape index (κ1) is 10.8. The molecule has 1 aromatic rings. The number of nitrogens with zero attached hydrogens (tertiary/aromatic N) is 2. The second-order valence-corrected chi connectivity index (χ2v) is 2.94. The molecule has 0 spiro atoms. The van der Waals surface area contributed by atoms with Gasteiger partial charge in [0.2, 0.25) is 5.96 Å². The zero-order valence-corrected chi connectivity index (χ0v) is 8.63. The highest BCUT2D eigenvalue weighted by Gasteiger charge is 1.93. The van der Waals surface area contributed by atoms with Crippen LogP contribution in [0.1, 0.15) is 5.56 Å². The number of hydrogen-bond acceptors (Lipinski definition) is 2. The Morgan fingerprint density at radius 1 is 1.43 bits per heavy atom. The summed E-state index contributed by atoms with van der Waals surface area (Å²) in [5.74, 6) is 0.0231. The molecule has 0 aliphatic rings. The van der Waals surface area contributed by atoms with Crippen molar-refractivity contribution in [2.75, 3.05) is 0 Å². The highest BCUT2D eigenvalue weighted by molar-refractivity contribution is 6.33. The van der Waals surface area contributed by atoms with E-state index in [0.717, 1.165) is 5.56 Å². The number of hydrogen-bond donors (Lipinski definition) is 2. The largest absolute Gasteiger partial charge is 0.367 e. The fourth-order valence-corrected chi connectivity index (χ4v) is 0.989. The maximum atomic E-state index is 5.87. The van der Waals surface area contributed by atoms with Gasteiger partial charge in [-0.3, -0.25) is 0 Å². The van der Waals surface area contributed by atoms with Gasteiger partial charge in [-0.2, -0.15) is 5.10 Å². The van der Waals surface area contributed by atoms with Crippen molar-refractivity contribution in [3.05, 3.63) is 34.9 Å². The van der Waals surface area contributed by atoms with Crippen LogP contribution in [0.15, 0.2) is 33.9 Å². The maximum Gasteiger partial charge on any atom is 0.226 e. The van der Waals surface area contributed by atoms with Crippen molar-refractivity contribution in [3.63, 3.8) is 0 Å². The molecule has 0 aliphatic carbocycles. The molecule has 3 N–H and O–H groups in total. The summed E-state index contributed by atoms with van der Waals surface area (Å²) in [5, 5.41) is 4.38. The molecule has 0 aliphatic heterocycles. The van der Waals surface area contributed by atoms with Crippen molar-refractivity contribution < 1.29 is 0 Å². The second-order valence-electron chi connectivity index (χ2n) is 2.36. The molecule has 74 valence electrons. The molecule has 0 bridgehead atoms. The average Bonchev–Trinajstić information content (AvgIpc) is 2.20. The van der Waals surface area contributed by atoms with E-state index >= 15 is 0 Å². The molecule has 0 saturated heterocycles. The third-order valence-corrected chi connectivity index (χ3v) is 1.91.